The van der Waals surface area contributed by atoms with Crippen LogP contribution in [-0.2, 0) is 6.61 Å². The van der Waals surface area contributed by atoms with Gasteiger partial charge in [-0.1, -0.05) is 54.1 Å². The number of para-hydroxylation sites is 1. The molecule has 6 heteroatoms. The average molecular weight is 437 g/mol. The van der Waals surface area contributed by atoms with Crippen molar-refractivity contribution in [2.75, 3.05) is 38.2 Å². The number of carbonyl (C=O) groups excluding carboxylic acids is 1. The summed E-state index contributed by atoms with van der Waals surface area (Å²) in [6.07, 6.45) is 0. The lowest BCUT2D eigenvalue weighted by Crippen LogP contribution is -2.48. The van der Waals surface area contributed by atoms with Crippen LogP contribution >= 0.6 is 11.6 Å². The molecule has 1 aliphatic rings. The Bertz CT molecular complexity index is 1030. The number of methoxy groups -OCH3 is 1. The zero-order valence-electron chi connectivity index (χ0n) is 17.5. The number of ether oxygens (including phenoxy) is 2. The largest absolute Gasteiger partial charge is 0.493 e. The van der Waals surface area contributed by atoms with Gasteiger partial charge in [0.05, 0.1) is 17.8 Å². The molecule has 0 N–H and O–H groups in total. The number of hydrogen-bond acceptors (Lipinski definition) is 4. The number of rotatable bonds is 6. The van der Waals surface area contributed by atoms with E-state index in [1.807, 2.05) is 59.5 Å². The number of hydrogen-bond donors (Lipinski definition) is 0. The number of amides is 1. The smallest absolute Gasteiger partial charge is 0.254 e. The van der Waals surface area contributed by atoms with Crippen LogP contribution in [0.4, 0.5) is 5.69 Å². The van der Waals surface area contributed by atoms with Crippen LogP contribution < -0.4 is 14.4 Å². The van der Waals surface area contributed by atoms with Crippen molar-refractivity contribution in [3.8, 4) is 11.5 Å². The number of anilines is 1. The first-order chi connectivity index (χ1) is 15.2. The number of piperazine rings is 1. The third-order valence-corrected chi connectivity index (χ3v) is 5.73. The maximum Gasteiger partial charge on any atom is 0.254 e. The summed E-state index contributed by atoms with van der Waals surface area (Å²) in [5, 5.41) is 0.734. The molecule has 5 nitrogen and oxygen atoms in total. The van der Waals surface area contributed by atoms with Crippen LogP contribution in [0.25, 0.3) is 0 Å². The van der Waals surface area contributed by atoms with Crippen LogP contribution in [-0.4, -0.2) is 44.1 Å². The summed E-state index contributed by atoms with van der Waals surface area (Å²) >= 11 is 6.32. The fourth-order valence-corrected chi connectivity index (χ4v) is 3.95. The van der Waals surface area contributed by atoms with Crippen molar-refractivity contribution in [1.29, 1.82) is 0 Å². The molecule has 160 valence electrons. The van der Waals surface area contributed by atoms with E-state index in [2.05, 4.69) is 4.90 Å². The van der Waals surface area contributed by atoms with Crippen LogP contribution in [0.2, 0.25) is 5.02 Å². The normalized spacial score (nSPS) is 13.7. The Morgan fingerprint density at radius 2 is 1.61 bits per heavy atom. The molecule has 1 amide bonds. The third kappa shape index (κ3) is 4.94. The van der Waals surface area contributed by atoms with E-state index in [9.17, 15) is 4.79 Å². The molecule has 0 aromatic heterocycles. The van der Waals surface area contributed by atoms with Crippen molar-refractivity contribution in [2.45, 2.75) is 6.61 Å². The van der Waals surface area contributed by atoms with Crippen molar-refractivity contribution in [3.63, 3.8) is 0 Å². The third-order valence-electron chi connectivity index (χ3n) is 5.41. The first-order valence-electron chi connectivity index (χ1n) is 10.3. The number of halogens is 1. The molecule has 0 bridgehead atoms. The minimum absolute atomic E-state index is 0.00767. The molecule has 0 unspecified atom stereocenters. The highest BCUT2D eigenvalue weighted by Gasteiger charge is 2.24. The summed E-state index contributed by atoms with van der Waals surface area (Å²) in [5.74, 6) is 1.16. The van der Waals surface area contributed by atoms with E-state index in [1.54, 1.807) is 25.3 Å². The molecule has 31 heavy (non-hydrogen) atoms. The Hall–Kier alpha value is -3.18. The van der Waals surface area contributed by atoms with Gasteiger partial charge in [-0.3, -0.25) is 4.79 Å². The second-order valence-electron chi connectivity index (χ2n) is 7.37. The van der Waals surface area contributed by atoms with Crippen molar-refractivity contribution in [1.82, 2.24) is 4.90 Å². The molecule has 0 radical (unpaired) electrons. The van der Waals surface area contributed by atoms with E-state index in [4.69, 9.17) is 21.1 Å². The van der Waals surface area contributed by atoms with Gasteiger partial charge in [0.2, 0.25) is 0 Å². The average Bonchev–Trinajstić information content (AvgIpc) is 2.83. The molecule has 4 rings (SSSR count). The fraction of sp³-hybridized carbons (Fsp3) is 0.240. The van der Waals surface area contributed by atoms with E-state index in [0.29, 0.717) is 36.8 Å². The summed E-state index contributed by atoms with van der Waals surface area (Å²) < 4.78 is 11.4. The zero-order valence-corrected chi connectivity index (χ0v) is 18.2. The van der Waals surface area contributed by atoms with E-state index >= 15 is 0 Å². The van der Waals surface area contributed by atoms with Crippen molar-refractivity contribution < 1.29 is 14.3 Å². The highest BCUT2D eigenvalue weighted by Crippen LogP contribution is 2.30. The molecule has 0 aliphatic carbocycles. The lowest BCUT2D eigenvalue weighted by atomic mass is 10.1. The van der Waals surface area contributed by atoms with Gasteiger partial charge in [-0.15, -0.1) is 0 Å². The van der Waals surface area contributed by atoms with Crippen molar-refractivity contribution >= 4 is 23.2 Å². The first-order valence-corrected chi connectivity index (χ1v) is 10.7. The molecular weight excluding hydrogens is 412 g/mol. The van der Waals surface area contributed by atoms with Crippen LogP contribution in [0.15, 0.2) is 72.8 Å². The standard InChI is InChI=1S/C25H25ClN2O3/c1-30-24-17-20(11-12-23(24)31-18-19-7-3-2-4-8-19)25(29)28-15-13-27(14-16-28)22-10-6-5-9-21(22)26/h2-12,17H,13-16,18H2,1H3. The predicted molar refractivity (Wildman–Crippen MR) is 123 cm³/mol. The molecule has 0 saturated carbocycles. The van der Waals surface area contributed by atoms with E-state index in [-0.39, 0.29) is 5.91 Å². The minimum Gasteiger partial charge on any atom is -0.493 e. The van der Waals surface area contributed by atoms with E-state index < -0.39 is 0 Å². The molecule has 0 atom stereocenters. The molecule has 0 spiro atoms. The maximum atomic E-state index is 13.1. The lowest BCUT2D eigenvalue weighted by Gasteiger charge is -2.36. The molecule has 3 aromatic carbocycles. The number of nitrogens with zero attached hydrogens (tertiary/aromatic N) is 2. The zero-order chi connectivity index (χ0) is 21.6. The van der Waals surface area contributed by atoms with Gasteiger partial charge >= 0.3 is 0 Å². The van der Waals surface area contributed by atoms with E-state index in [1.165, 1.54) is 0 Å². The van der Waals surface area contributed by atoms with Gasteiger partial charge in [0.1, 0.15) is 6.61 Å². The Balaban J connectivity index is 1.40. The quantitative estimate of drug-likeness (QED) is 0.551. The highest BCUT2D eigenvalue weighted by molar-refractivity contribution is 6.33. The van der Waals surface area contributed by atoms with Gasteiger partial charge in [-0.25, -0.2) is 0 Å². The van der Waals surface area contributed by atoms with Crippen LogP contribution in [0.1, 0.15) is 15.9 Å². The van der Waals surface area contributed by atoms with Gasteiger partial charge in [0, 0.05) is 31.7 Å². The first kappa shape index (κ1) is 21.1. The highest BCUT2D eigenvalue weighted by atomic mass is 35.5. The molecule has 1 heterocycles. The second kappa shape index (κ2) is 9.75. The van der Waals surface area contributed by atoms with Gasteiger partial charge < -0.3 is 19.3 Å². The van der Waals surface area contributed by atoms with Crippen molar-refractivity contribution in [3.05, 3.63) is 88.9 Å². The number of carbonyl (C=O) groups is 1. The topological polar surface area (TPSA) is 42.0 Å². The van der Waals surface area contributed by atoms with Crippen LogP contribution in [0.3, 0.4) is 0 Å². The molecule has 1 saturated heterocycles. The van der Waals surface area contributed by atoms with E-state index in [0.717, 1.165) is 29.4 Å². The van der Waals surface area contributed by atoms with Gasteiger partial charge in [0.15, 0.2) is 11.5 Å². The Morgan fingerprint density at radius 1 is 0.903 bits per heavy atom. The van der Waals surface area contributed by atoms with Gasteiger partial charge in [-0.2, -0.15) is 0 Å². The molecule has 3 aromatic rings. The summed E-state index contributed by atoms with van der Waals surface area (Å²) in [7, 11) is 1.58. The Morgan fingerprint density at radius 3 is 2.32 bits per heavy atom. The second-order valence-corrected chi connectivity index (χ2v) is 7.78. The Kier molecular flexibility index (Phi) is 6.63. The van der Waals surface area contributed by atoms with Crippen molar-refractivity contribution in [2.24, 2.45) is 0 Å². The summed E-state index contributed by atoms with van der Waals surface area (Å²) in [6, 6.07) is 23.1. The SMILES string of the molecule is COc1cc(C(=O)N2CCN(c3ccccc3Cl)CC2)ccc1OCc1ccccc1. The fourth-order valence-electron chi connectivity index (χ4n) is 3.70. The minimum atomic E-state index is -0.00767. The predicted octanol–water partition coefficient (Wildman–Crippen LogP) is 4.89. The summed E-state index contributed by atoms with van der Waals surface area (Å²) in [4.78, 5) is 17.1. The monoisotopic (exact) mass is 436 g/mol. The molecule has 1 aliphatic heterocycles. The van der Waals surface area contributed by atoms with Crippen LogP contribution in [0.5, 0.6) is 11.5 Å². The molecular formula is C25H25ClN2O3. The van der Waals surface area contributed by atoms with Gasteiger partial charge in [0.25, 0.3) is 5.91 Å². The number of benzene rings is 3. The maximum absolute atomic E-state index is 13.1. The molecule has 1 fully saturated rings. The Labute approximate surface area is 187 Å². The summed E-state index contributed by atoms with van der Waals surface area (Å²) in [5.41, 5.74) is 2.68. The van der Waals surface area contributed by atoms with Gasteiger partial charge in [-0.05, 0) is 35.9 Å². The van der Waals surface area contributed by atoms with Crippen LogP contribution in [0, 0.1) is 0 Å². The lowest BCUT2D eigenvalue weighted by molar-refractivity contribution is 0.0746. The summed E-state index contributed by atoms with van der Waals surface area (Å²) in [6.45, 7) is 3.20.